The fourth-order valence-corrected chi connectivity index (χ4v) is 5.11. The first-order valence-corrected chi connectivity index (χ1v) is 9.91. The average Bonchev–Trinajstić information content (AvgIpc) is 2.93. The van der Waals surface area contributed by atoms with Crippen LogP contribution in [-0.2, 0) is 4.79 Å². The van der Waals surface area contributed by atoms with Crippen molar-refractivity contribution in [2.75, 3.05) is 6.54 Å². The zero-order chi connectivity index (χ0) is 17.1. The Morgan fingerprint density at radius 2 is 1.64 bits per heavy atom. The van der Waals surface area contributed by atoms with Gasteiger partial charge in [0.2, 0.25) is 5.91 Å². The number of carbonyl (C=O) groups excluding carboxylic acids is 1. The van der Waals surface area contributed by atoms with E-state index in [4.69, 9.17) is 0 Å². The summed E-state index contributed by atoms with van der Waals surface area (Å²) in [5.74, 6) is -0.0471. The first-order chi connectivity index (χ1) is 12.3. The topological polar surface area (TPSA) is 45.0 Å². The standard InChI is InChI=1S/C19H17N3OS2/c23-16-12-7-13-22-18(20-16)25-19(21-22)24-17(14-8-3-1-4-9-14)15-10-5-2-6-11-15/h1-6,8-11,17H,7,12-13H2. The van der Waals surface area contributed by atoms with Gasteiger partial charge in [-0.3, -0.25) is 4.79 Å². The fraction of sp³-hybridized carbons (Fsp3) is 0.211. The van der Waals surface area contributed by atoms with Gasteiger partial charge in [-0.05, 0) is 29.3 Å². The van der Waals surface area contributed by atoms with Crippen molar-refractivity contribution >= 4 is 39.0 Å². The summed E-state index contributed by atoms with van der Waals surface area (Å²) >= 11 is 3.21. The zero-order valence-electron chi connectivity index (χ0n) is 13.5. The van der Waals surface area contributed by atoms with Gasteiger partial charge in [0.15, 0.2) is 9.54 Å². The van der Waals surface area contributed by atoms with Crippen LogP contribution in [0.4, 0.5) is 0 Å². The van der Waals surface area contributed by atoms with Gasteiger partial charge in [-0.2, -0.15) is 10.1 Å². The third kappa shape index (κ3) is 3.80. The van der Waals surface area contributed by atoms with Crippen LogP contribution < -0.4 is 0 Å². The SMILES string of the molecule is O=C1CCCN2N=C(SC(c3ccccc3)c3ccccc3)SC2=N1. The van der Waals surface area contributed by atoms with Crippen molar-refractivity contribution in [3.05, 3.63) is 71.8 Å². The first kappa shape index (κ1) is 16.4. The number of carbonyl (C=O) groups is 1. The molecule has 0 fully saturated rings. The number of hydrogen-bond acceptors (Lipinski definition) is 5. The fourth-order valence-electron chi connectivity index (χ4n) is 2.79. The molecule has 2 aliphatic rings. The molecular formula is C19H17N3OS2. The van der Waals surface area contributed by atoms with E-state index in [1.807, 2.05) is 17.1 Å². The molecule has 126 valence electrons. The molecule has 0 atom stereocenters. The van der Waals surface area contributed by atoms with Crippen molar-refractivity contribution in [3.63, 3.8) is 0 Å². The van der Waals surface area contributed by atoms with E-state index in [0.29, 0.717) is 11.6 Å². The molecule has 0 spiro atoms. The molecule has 0 aliphatic carbocycles. The van der Waals surface area contributed by atoms with Crippen LogP contribution in [-0.4, -0.2) is 27.0 Å². The van der Waals surface area contributed by atoms with Crippen LogP contribution in [0, 0.1) is 0 Å². The van der Waals surface area contributed by atoms with Gasteiger partial charge in [-0.25, -0.2) is 5.01 Å². The highest BCUT2D eigenvalue weighted by molar-refractivity contribution is 8.45. The maximum Gasteiger partial charge on any atom is 0.248 e. The van der Waals surface area contributed by atoms with E-state index in [1.54, 1.807) is 11.8 Å². The molecule has 2 aromatic rings. The van der Waals surface area contributed by atoms with Gasteiger partial charge < -0.3 is 0 Å². The Morgan fingerprint density at radius 1 is 1.00 bits per heavy atom. The largest absolute Gasteiger partial charge is 0.273 e. The second-order valence-electron chi connectivity index (χ2n) is 5.80. The minimum atomic E-state index is -0.0471. The summed E-state index contributed by atoms with van der Waals surface area (Å²) < 4.78 is 0.936. The van der Waals surface area contributed by atoms with Crippen molar-refractivity contribution in [3.8, 4) is 0 Å². The number of aliphatic imine (C=N–C) groups is 1. The van der Waals surface area contributed by atoms with Crippen molar-refractivity contribution in [2.45, 2.75) is 18.1 Å². The van der Waals surface area contributed by atoms with Crippen molar-refractivity contribution in [1.29, 1.82) is 0 Å². The minimum Gasteiger partial charge on any atom is -0.273 e. The van der Waals surface area contributed by atoms with E-state index >= 15 is 0 Å². The Balaban J connectivity index is 1.61. The number of nitrogens with zero attached hydrogens (tertiary/aromatic N) is 3. The number of amides is 1. The summed E-state index contributed by atoms with van der Waals surface area (Å²) in [5, 5.41) is 7.43. The van der Waals surface area contributed by atoms with E-state index < -0.39 is 0 Å². The van der Waals surface area contributed by atoms with E-state index in [1.165, 1.54) is 22.9 Å². The Labute approximate surface area is 155 Å². The lowest BCUT2D eigenvalue weighted by Crippen LogP contribution is -2.18. The summed E-state index contributed by atoms with van der Waals surface area (Å²) in [5.41, 5.74) is 2.48. The lowest BCUT2D eigenvalue weighted by Gasteiger charge is -2.16. The summed E-state index contributed by atoms with van der Waals surface area (Å²) in [6.45, 7) is 0.753. The summed E-state index contributed by atoms with van der Waals surface area (Å²) in [6, 6.07) is 20.9. The summed E-state index contributed by atoms with van der Waals surface area (Å²) in [6.07, 6.45) is 1.31. The van der Waals surface area contributed by atoms with Crippen LogP contribution >= 0.6 is 23.5 Å². The van der Waals surface area contributed by atoms with Crippen LogP contribution in [0.1, 0.15) is 29.2 Å². The molecule has 2 heterocycles. The highest BCUT2D eigenvalue weighted by Gasteiger charge is 2.29. The second-order valence-corrected chi connectivity index (χ2v) is 8.11. The van der Waals surface area contributed by atoms with Gasteiger partial charge in [0.25, 0.3) is 0 Å². The zero-order valence-corrected chi connectivity index (χ0v) is 15.2. The molecule has 0 saturated carbocycles. The van der Waals surface area contributed by atoms with E-state index in [0.717, 1.165) is 17.3 Å². The molecule has 2 aliphatic heterocycles. The molecule has 2 aromatic carbocycles. The molecule has 0 radical (unpaired) electrons. The Kier molecular flexibility index (Phi) is 4.90. The Morgan fingerprint density at radius 3 is 2.28 bits per heavy atom. The number of rotatable bonds is 3. The van der Waals surface area contributed by atoms with Crippen LogP contribution in [0.5, 0.6) is 0 Å². The maximum atomic E-state index is 11.7. The Hall–Kier alpha value is -2.05. The molecule has 4 rings (SSSR count). The molecule has 0 aromatic heterocycles. The lowest BCUT2D eigenvalue weighted by molar-refractivity contribution is -0.117. The van der Waals surface area contributed by atoms with Gasteiger partial charge in [0, 0.05) is 13.0 Å². The Bertz CT molecular complexity index is 782. The number of hydrazone groups is 1. The number of amidine groups is 1. The monoisotopic (exact) mass is 367 g/mol. The van der Waals surface area contributed by atoms with Crippen molar-refractivity contribution < 1.29 is 4.79 Å². The van der Waals surface area contributed by atoms with Crippen LogP contribution in [0.2, 0.25) is 0 Å². The van der Waals surface area contributed by atoms with Gasteiger partial charge >= 0.3 is 0 Å². The van der Waals surface area contributed by atoms with E-state index in [2.05, 4.69) is 58.6 Å². The average molecular weight is 367 g/mol. The number of thioether (sulfide) groups is 2. The van der Waals surface area contributed by atoms with Crippen LogP contribution in [0.25, 0.3) is 0 Å². The molecule has 4 nitrogen and oxygen atoms in total. The number of fused-ring (bicyclic) bond motifs is 1. The highest BCUT2D eigenvalue weighted by Crippen LogP contribution is 2.41. The minimum absolute atomic E-state index is 0.0471. The van der Waals surface area contributed by atoms with Gasteiger partial charge in [-0.15, -0.1) is 0 Å². The molecule has 0 N–H and O–H groups in total. The molecule has 0 unspecified atom stereocenters. The molecule has 0 saturated heterocycles. The third-order valence-corrected chi connectivity index (χ3v) is 6.35. The predicted molar refractivity (Wildman–Crippen MR) is 106 cm³/mol. The number of hydrogen-bond donors (Lipinski definition) is 0. The molecule has 1 amide bonds. The third-order valence-electron chi connectivity index (χ3n) is 4.01. The highest BCUT2D eigenvalue weighted by atomic mass is 32.2. The van der Waals surface area contributed by atoms with Crippen molar-refractivity contribution in [1.82, 2.24) is 5.01 Å². The molecular weight excluding hydrogens is 350 g/mol. The van der Waals surface area contributed by atoms with Crippen LogP contribution in [0.3, 0.4) is 0 Å². The second kappa shape index (κ2) is 7.45. The summed E-state index contributed by atoms with van der Waals surface area (Å²) in [7, 11) is 0. The van der Waals surface area contributed by atoms with Gasteiger partial charge in [0.1, 0.15) is 0 Å². The summed E-state index contributed by atoms with van der Waals surface area (Å²) in [4.78, 5) is 15.9. The molecule has 25 heavy (non-hydrogen) atoms. The maximum absolute atomic E-state index is 11.7. The molecule has 0 bridgehead atoms. The quantitative estimate of drug-likeness (QED) is 0.801. The molecule has 6 heteroatoms. The van der Waals surface area contributed by atoms with Crippen LogP contribution in [0.15, 0.2) is 70.8 Å². The van der Waals surface area contributed by atoms with E-state index in [-0.39, 0.29) is 11.2 Å². The lowest BCUT2D eigenvalue weighted by atomic mass is 10.0. The van der Waals surface area contributed by atoms with Crippen molar-refractivity contribution in [2.24, 2.45) is 10.1 Å². The predicted octanol–water partition coefficient (Wildman–Crippen LogP) is 4.51. The van der Waals surface area contributed by atoms with E-state index in [9.17, 15) is 4.79 Å². The van der Waals surface area contributed by atoms with Gasteiger partial charge in [0.05, 0.1) is 5.25 Å². The smallest absolute Gasteiger partial charge is 0.248 e. The van der Waals surface area contributed by atoms with Gasteiger partial charge in [-0.1, -0.05) is 72.4 Å². The first-order valence-electron chi connectivity index (χ1n) is 8.22. The normalized spacial score (nSPS) is 17.2. The number of benzene rings is 2.